The molecule has 0 saturated carbocycles. The SMILES string of the molecule is CNC(=O)c1cc(Cc2ccc(C=O)c(F)c2)c(C)c(Cl)c1O. The van der Waals surface area contributed by atoms with E-state index in [1.807, 2.05) is 0 Å². The Morgan fingerprint density at radius 1 is 1.39 bits per heavy atom. The second-order valence-corrected chi connectivity index (χ2v) is 5.48. The van der Waals surface area contributed by atoms with Crippen LogP contribution in [0.3, 0.4) is 0 Å². The Morgan fingerprint density at radius 3 is 2.65 bits per heavy atom. The molecule has 2 N–H and O–H groups in total. The highest BCUT2D eigenvalue weighted by atomic mass is 35.5. The summed E-state index contributed by atoms with van der Waals surface area (Å²) < 4.78 is 13.7. The number of carbonyl (C=O) groups is 2. The molecule has 0 aliphatic carbocycles. The maximum atomic E-state index is 13.7. The van der Waals surface area contributed by atoms with Crippen LogP contribution in [-0.4, -0.2) is 24.3 Å². The minimum Gasteiger partial charge on any atom is -0.506 e. The number of phenols is 1. The monoisotopic (exact) mass is 335 g/mol. The molecule has 1 amide bonds. The number of benzene rings is 2. The first-order valence-corrected chi connectivity index (χ1v) is 7.23. The van der Waals surface area contributed by atoms with E-state index in [2.05, 4.69) is 5.32 Å². The number of nitrogens with one attached hydrogen (secondary N) is 1. The maximum absolute atomic E-state index is 13.7. The van der Waals surface area contributed by atoms with Crippen molar-refractivity contribution in [2.75, 3.05) is 7.05 Å². The van der Waals surface area contributed by atoms with Gasteiger partial charge in [-0.2, -0.15) is 0 Å². The van der Waals surface area contributed by atoms with Crippen LogP contribution in [0.5, 0.6) is 5.75 Å². The molecule has 0 aliphatic heterocycles. The molecular weight excluding hydrogens is 321 g/mol. The topological polar surface area (TPSA) is 66.4 Å². The summed E-state index contributed by atoms with van der Waals surface area (Å²) in [4.78, 5) is 22.5. The summed E-state index contributed by atoms with van der Waals surface area (Å²) in [6.07, 6.45) is 0.761. The van der Waals surface area contributed by atoms with Crippen molar-refractivity contribution in [3.8, 4) is 5.75 Å². The summed E-state index contributed by atoms with van der Waals surface area (Å²) in [5, 5.41) is 12.5. The lowest BCUT2D eigenvalue weighted by Gasteiger charge is -2.13. The standard InChI is InChI=1S/C17H15ClFNO3/c1-9-12(5-10-3-4-11(8-21)14(19)6-10)7-13(17(23)20-2)16(22)15(9)18/h3-4,6-8,22H,5H2,1-2H3,(H,20,23). The average molecular weight is 336 g/mol. The summed E-state index contributed by atoms with van der Waals surface area (Å²) in [6, 6.07) is 5.83. The molecule has 4 nitrogen and oxygen atoms in total. The van der Waals surface area contributed by atoms with E-state index >= 15 is 0 Å². The Balaban J connectivity index is 2.47. The van der Waals surface area contributed by atoms with E-state index in [4.69, 9.17) is 11.6 Å². The molecule has 0 saturated heterocycles. The van der Waals surface area contributed by atoms with E-state index in [0.29, 0.717) is 29.4 Å². The molecule has 0 heterocycles. The van der Waals surface area contributed by atoms with Crippen LogP contribution >= 0.6 is 11.6 Å². The van der Waals surface area contributed by atoms with Crippen LogP contribution in [0.1, 0.15) is 37.4 Å². The molecule has 0 aromatic heterocycles. The van der Waals surface area contributed by atoms with Crippen molar-refractivity contribution in [2.45, 2.75) is 13.3 Å². The largest absolute Gasteiger partial charge is 0.506 e. The van der Waals surface area contributed by atoms with Crippen LogP contribution in [0.25, 0.3) is 0 Å². The van der Waals surface area contributed by atoms with E-state index in [1.165, 1.54) is 25.2 Å². The van der Waals surface area contributed by atoms with Gasteiger partial charge in [-0.05, 0) is 48.2 Å². The normalized spacial score (nSPS) is 10.4. The highest BCUT2D eigenvalue weighted by Gasteiger charge is 2.18. The molecule has 0 unspecified atom stereocenters. The van der Waals surface area contributed by atoms with Gasteiger partial charge in [0.2, 0.25) is 0 Å². The Morgan fingerprint density at radius 2 is 2.09 bits per heavy atom. The van der Waals surface area contributed by atoms with E-state index < -0.39 is 11.7 Å². The lowest BCUT2D eigenvalue weighted by atomic mass is 9.96. The number of phenolic OH excluding ortho intramolecular Hbond substituents is 1. The molecule has 0 fully saturated rings. The van der Waals surface area contributed by atoms with E-state index in [0.717, 1.165) is 0 Å². The van der Waals surface area contributed by atoms with Crippen LogP contribution in [-0.2, 0) is 6.42 Å². The molecule has 6 heteroatoms. The Hall–Kier alpha value is -2.40. The van der Waals surface area contributed by atoms with Crippen LogP contribution in [0.4, 0.5) is 4.39 Å². The van der Waals surface area contributed by atoms with Crippen LogP contribution < -0.4 is 5.32 Å². The first-order valence-electron chi connectivity index (χ1n) is 6.85. The highest BCUT2D eigenvalue weighted by molar-refractivity contribution is 6.33. The molecule has 0 atom stereocenters. The van der Waals surface area contributed by atoms with Gasteiger partial charge in [-0.3, -0.25) is 9.59 Å². The number of rotatable bonds is 4. The van der Waals surface area contributed by atoms with Crippen molar-refractivity contribution in [1.29, 1.82) is 0 Å². The Kier molecular flexibility index (Phi) is 5.01. The lowest BCUT2D eigenvalue weighted by molar-refractivity contribution is 0.0960. The molecular formula is C17H15ClFNO3. The lowest BCUT2D eigenvalue weighted by Crippen LogP contribution is -2.18. The zero-order valence-corrected chi connectivity index (χ0v) is 13.4. The van der Waals surface area contributed by atoms with Gasteiger partial charge in [0.25, 0.3) is 5.91 Å². The Bertz CT molecular complexity index is 790. The van der Waals surface area contributed by atoms with Gasteiger partial charge in [0.15, 0.2) is 6.29 Å². The van der Waals surface area contributed by atoms with Gasteiger partial charge >= 0.3 is 0 Å². The third-order valence-electron chi connectivity index (χ3n) is 3.65. The van der Waals surface area contributed by atoms with E-state index in [1.54, 1.807) is 13.0 Å². The fourth-order valence-corrected chi connectivity index (χ4v) is 2.50. The minimum atomic E-state index is -0.605. The van der Waals surface area contributed by atoms with Gasteiger partial charge in [0, 0.05) is 7.05 Å². The maximum Gasteiger partial charge on any atom is 0.254 e. The van der Waals surface area contributed by atoms with Gasteiger partial charge < -0.3 is 10.4 Å². The van der Waals surface area contributed by atoms with Crippen molar-refractivity contribution in [1.82, 2.24) is 5.32 Å². The van der Waals surface area contributed by atoms with Crippen molar-refractivity contribution >= 4 is 23.8 Å². The second-order valence-electron chi connectivity index (χ2n) is 5.10. The van der Waals surface area contributed by atoms with Gasteiger partial charge in [-0.15, -0.1) is 0 Å². The van der Waals surface area contributed by atoms with Gasteiger partial charge in [-0.1, -0.05) is 17.7 Å². The third-order valence-corrected chi connectivity index (χ3v) is 4.11. The number of aromatic hydroxyl groups is 1. The molecule has 120 valence electrons. The summed E-state index contributed by atoms with van der Waals surface area (Å²) in [5.41, 5.74) is 1.96. The van der Waals surface area contributed by atoms with Gasteiger partial charge in [0.1, 0.15) is 11.6 Å². The predicted molar refractivity (Wildman–Crippen MR) is 85.8 cm³/mol. The number of hydrogen-bond acceptors (Lipinski definition) is 3. The van der Waals surface area contributed by atoms with Crippen LogP contribution in [0.2, 0.25) is 5.02 Å². The zero-order valence-electron chi connectivity index (χ0n) is 12.6. The van der Waals surface area contributed by atoms with Crippen molar-refractivity contribution < 1.29 is 19.1 Å². The third kappa shape index (κ3) is 3.35. The first-order chi connectivity index (χ1) is 10.9. The molecule has 23 heavy (non-hydrogen) atoms. The molecule has 0 bridgehead atoms. The van der Waals surface area contributed by atoms with E-state index in [9.17, 15) is 19.1 Å². The number of carbonyl (C=O) groups excluding carboxylic acids is 2. The molecule has 2 aromatic carbocycles. The molecule has 2 rings (SSSR count). The number of halogens is 2. The van der Waals surface area contributed by atoms with Crippen molar-refractivity contribution in [2.24, 2.45) is 0 Å². The quantitative estimate of drug-likeness (QED) is 0.843. The van der Waals surface area contributed by atoms with Crippen LogP contribution in [0.15, 0.2) is 24.3 Å². The minimum absolute atomic E-state index is 0.0136. The number of amides is 1. The summed E-state index contributed by atoms with van der Waals surface area (Å²) in [6.45, 7) is 1.71. The molecule has 0 radical (unpaired) electrons. The summed E-state index contributed by atoms with van der Waals surface area (Å²) in [5.74, 6) is -1.35. The zero-order chi connectivity index (χ0) is 17.1. The predicted octanol–water partition coefficient (Wildman–Crippen LogP) is 3.26. The molecule has 0 aliphatic rings. The molecule has 0 spiro atoms. The fourth-order valence-electron chi connectivity index (χ4n) is 2.28. The summed E-state index contributed by atoms with van der Waals surface area (Å²) >= 11 is 6.08. The van der Waals surface area contributed by atoms with Crippen molar-refractivity contribution in [3.05, 3.63) is 62.9 Å². The fraction of sp³-hybridized carbons (Fsp3) is 0.176. The van der Waals surface area contributed by atoms with Gasteiger partial charge in [0.05, 0.1) is 16.1 Å². The highest BCUT2D eigenvalue weighted by Crippen LogP contribution is 2.34. The second kappa shape index (κ2) is 6.79. The average Bonchev–Trinajstić information content (AvgIpc) is 2.54. The Labute approximate surface area is 137 Å². The van der Waals surface area contributed by atoms with E-state index in [-0.39, 0.29) is 21.9 Å². The summed E-state index contributed by atoms with van der Waals surface area (Å²) in [7, 11) is 1.45. The molecule has 2 aromatic rings. The van der Waals surface area contributed by atoms with Crippen molar-refractivity contribution in [3.63, 3.8) is 0 Å². The first kappa shape index (κ1) is 17.0. The van der Waals surface area contributed by atoms with Crippen LogP contribution in [0, 0.1) is 12.7 Å². The van der Waals surface area contributed by atoms with Gasteiger partial charge in [-0.25, -0.2) is 4.39 Å². The number of hydrogen-bond donors (Lipinski definition) is 2. The number of aldehydes is 1. The smallest absolute Gasteiger partial charge is 0.254 e.